The molecular formula is C20H23BrNO2+. The largest absolute Gasteiger partial charge is 0.490 e. The van der Waals surface area contributed by atoms with Crippen molar-refractivity contribution in [3.05, 3.63) is 58.1 Å². The van der Waals surface area contributed by atoms with Gasteiger partial charge in [-0.3, -0.25) is 0 Å². The molecular weight excluding hydrogens is 366 g/mol. The molecule has 0 aromatic heterocycles. The van der Waals surface area contributed by atoms with Crippen LogP contribution >= 0.6 is 15.9 Å². The molecule has 0 radical (unpaired) electrons. The summed E-state index contributed by atoms with van der Waals surface area (Å²) in [6.07, 6.45) is 6.32. The first kappa shape index (κ1) is 18.4. The molecule has 0 aliphatic heterocycles. The summed E-state index contributed by atoms with van der Waals surface area (Å²) in [5.74, 6) is 3.89. The fourth-order valence-corrected chi connectivity index (χ4v) is 2.89. The fourth-order valence-electron chi connectivity index (χ4n) is 2.41. The monoisotopic (exact) mass is 388 g/mol. The lowest BCUT2D eigenvalue weighted by Crippen LogP contribution is -2.83. The van der Waals surface area contributed by atoms with Crippen LogP contribution in [-0.2, 0) is 13.0 Å². The Labute approximate surface area is 152 Å². The van der Waals surface area contributed by atoms with Gasteiger partial charge in [-0.1, -0.05) is 52.2 Å². The van der Waals surface area contributed by atoms with Crippen LogP contribution in [0.25, 0.3) is 0 Å². The van der Waals surface area contributed by atoms with Crippen LogP contribution in [0.1, 0.15) is 18.1 Å². The van der Waals surface area contributed by atoms with E-state index >= 15 is 0 Å². The predicted molar refractivity (Wildman–Crippen MR) is 100 cm³/mol. The number of hydrogen-bond donors (Lipinski definition) is 1. The molecule has 2 aromatic rings. The van der Waals surface area contributed by atoms with Crippen LogP contribution in [0, 0.1) is 12.3 Å². The summed E-state index contributed by atoms with van der Waals surface area (Å²) in [6.45, 7) is 4.69. The number of rotatable bonds is 9. The summed E-state index contributed by atoms with van der Waals surface area (Å²) in [5.41, 5.74) is 2.54. The second-order valence-electron chi connectivity index (χ2n) is 5.33. The highest BCUT2D eigenvalue weighted by Crippen LogP contribution is 2.33. The van der Waals surface area contributed by atoms with Crippen LogP contribution in [0.5, 0.6) is 11.5 Å². The topological polar surface area (TPSA) is 35.1 Å². The maximum atomic E-state index is 5.68. The van der Waals surface area contributed by atoms with Crippen molar-refractivity contribution >= 4 is 15.9 Å². The Balaban J connectivity index is 1.96. The molecule has 2 N–H and O–H groups in total. The number of terminal acetylenes is 1. The second-order valence-corrected chi connectivity index (χ2v) is 6.19. The van der Waals surface area contributed by atoms with Crippen molar-refractivity contribution in [2.45, 2.75) is 19.9 Å². The molecule has 0 unspecified atom stereocenters. The maximum absolute atomic E-state index is 5.68. The van der Waals surface area contributed by atoms with E-state index in [0.717, 1.165) is 29.7 Å². The standard InChI is InChI=1S/C20H22BrNO2/c1-3-12-24-20-14-18(21)17(13-19(20)23-4-2)15-22-11-10-16-8-6-5-7-9-16/h1,5-9,13-14,22H,4,10-12,15H2,2H3/p+1. The van der Waals surface area contributed by atoms with Crippen LogP contribution in [0.4, 0.5) is 0 Å². The first-order chi connectivity index (χ1) is 11.7. The SMILES string of the molecule is C#CCOc1cc(Br)c(C[NH2+]CCc2ccccc2)cc1OCC. The van der Waals surface area contributed by atoms with Gasteiger partial charge in [0.2, 0.25) is 0 Å². The fraction of sp³-hybridized carbons (Fsp3) is 0.300. The van der Waals surface area contributed by atoms with Gasteiger partial charge in [0, 0.05) is 16.5 Å². The summed E-state index contributed by atoms with van der Waals surface area (Å²) >= 11 is 3.61. The van der Waals surface area contributed by atoms with Gasteiger partial charge >= 0.3 is 0 Å². The van der Waals surface area contributed by atoms with Gasteiger partial charge in [-0.15, -0.1) is 6.42 Å². The Hall–Kier alpha value is -1.96. The minimum atomic E-state index is 0.231. The predicted octanol–water partition coefficient (Wildman–Crippen LogP) is 3.17. The Morgan fingerprint density at radius 2 is 1.88 bits per heavy atom. The summed E-state index contributed by atoms with van der Waals surface area (Å²) in [5, 5.41) is 2.30. The van der Waals surface area contributed by atoms with E-state index in [4.69, 9.17) is 15.9 Å². The number of quaternary nitrogens is 1. The average Bonchev–Trinajstić information content (AvgIpc) is 2.60. The van der Waals surface area contributed by atoms with Gasteiger partial charge in [0.05, 0.1) is 13.2 Å². The number of ether oxygens (including phenoxy) is 2. The Kier molecular flexibility index (Phi) is 7.67. The molecule has 126 valence electrons. The van der Waals surface area contributed by atoms with Gasteiger partial charge < -0.3 is 14.8 Å². The molecule has 24 heavy (non-hydrogen) atoms. The number of hydrogen-bond acceptors (Lipinski definition) is 2. The Morgan fingerprint density at radius 1 is 1.12 bits per heavy atom. The molecule has 0 spiro atoms. The molecule has 0 saturated carbocycles. The molecule has 4 heteroatoms. The van der Waals surface area contributed by atoms with Crippen molar-refractivity contribution in [2.24, 2.45) is 0 Å². The molecule has 0 aliphatic carbocycles. The van der Waals surface area contributed by atoms with Gasteiger partial charge in [0.15, 0.2) is 11.5 Å². The zero-order chi connectivity index (χ0) is 17.2. The molecule has 0 saturated heterocycles. The average molecular weight is 389 g/mol. The lowest BCUT2D eigenvalue weighted by atomic mass is 10.1. The molecule has 3 nitrogen and oxygen atoms in total. The highest BCUT2D eigenvalue weighted by molar-refractivity contribution is 9.10. The minimum Gasteiger partial charge on any atom is -0.490 e. The summed E-state index contributed by atoms with van der Waals surface area (Å²) in [7, 11) is 0. The van der Waals surface area contributed by atoms with Crippen LogP contribution in [-0.4, -0.2) is 19.8 Å². The van der Waals surface area contributed by atoms with Gasteiger partial charge in [-0.05, 0) is 24.6 Å². The van der Waals surface area contributed by atoms with E-state index < -0.39 is 0 Å². The van der Waals surface area contributed by atoms with E-state index in [1.54, 1.807) is 0 Å². The highest BCUT2D eigenvalue weighted by Gasteiger charge is 2.12. The maximum Gasteiger partial charge on any atom is 0.163 e. The summed E-state index contributed by atoms with van der Waals surface area (Å²) in [4.78, 5) is 0. The van der Waals surface area contributed by atoms with Gasteiger partial charge in [0.25, 0.3) is 0 Å². The lowest BCUT2D eigenvalue weighted by Gasteiger charge is -2.13. The summed E-state index contributed by atoms with van der Waals surface area (Å²) in [6, 6.07) is 14.5. The number of nitrogens with two attached hydrogens (primary N) is 1. The number of halogens is 1. The normalized spacial score (nSPS) is 10.2. The Morgan fingerprint density at radius 3 is 2.58 bits per heavy atom. The molecule has 0 aliphatic rings. The van der Waals surface area contributed by atoms with Crippen molar-refractivity contribution in [1.82, 2.24) is 0 Å². The van der Waals surface area contributed by atoms with E-state index in [2.05, 4.69) is 51.4 Å². The lowest BCUT2D eigenvalue weighted by molar-refractivity contribution is -0.670. The third-order valence-corrected chi connectivity index (χ3v) is 4.31. The quantitative estimate of drug-likeness (QED) is 0.528. The first-order valence-electron chi connectivity index (χ1n) is 8.11. The third-order valence-electron chi connectivity index (χ3n) is 3.57. The summed E-state index contributed by atoms with van der Waals surface area (Å²) < 4.78 is 12.2. The van der Waals surface area contributed by atoms with E-state index in [1.807, 2.05) is 25.1 Å². The van der Waals surface area contributed by atoms with Crippen molar-refractivity contribution in [3.63, 3.8) is 0 Å². The van der Waals surface area contributed by atoms with Gasteiger partial charge in [-0.2, -0.15) is 0 Å². The molecule has 0 bridgehead atoms. The van der Waals surface area contributed by atoms with E-state index in [9.17, 15) is 0 Å². The molecule has 0 heterocycles. The van der Waals surface area contributed by atoms with Gasteiger partial charge in [-0.25, -0.2) is 0 Å². The van der Waals surface area contributed by atoms with Crippen molar-refractivity contribution in [1.29, 1.82) is 0 Å². The second kappa shape index (κ2) is 10.0. The van der Waals surface area contributed by atoms with Crippen LogP contribution in [0.3, 0.4) is 0 Å². The minimum absolute atomic E-state index is 0.231. The molecule has 0 fully saturated rings. The van der Waals surface area contributed by atoms with E-state index in [1.165, 1.54) is 11.1 Å². The van der Waals surface area contributed by atoms with Gasteiger partial charge in [0.1, 0.15) is 13.2 Å². The van der Waals surface area contributed by atoms with Crippen LogP contribution < -0.4 is 14.8 Å². The third kappa shape index (κ3) is 5.59. The molecule has 0 atom stereocenters. The first-order valence-corrected chi connectivity index (χ1v) is 8.91. The van der Waals surface area contributed by atoms with Crippen LogP contribution in [0.2, 0.25) is 0 Å². The molecule has 2 rings (SSSR count). The molecule has 0 amide bonds. The van der Waals surface area contributed by atoms with Crippen LogP contribution in [0.15, 0.2) is 46.9 Å². The van der Waals surface area contributed by atoms with Crippen molar-refractivity contribution < 1.29 is 14.8 Å². The van der Waals surface area contributed by atoms with E-state index in [-0.39, 0.29) is 6.61 Å². The zero-order valence-corrected chi connectivity index (χ0v) is 15.5. The highest BCUT2D eigenvalue weighted by atomic mass is 79.9. The smallest absolute Gasteiger partial charge is 0.163 e. The Bertz CT molecular complexity index is 680. The van der Waals surface area contributed by atoms with Crippen molar-refractivity contribution in [2.75, 3.05) is 19.8 Å². The van der Waals surface area contributed by atoms with E-state index in [0.29, 0.717) is 12.4 Å². The molecule has 2 aromatic carbocycles. The zero-order valence-electron chi connectivity index (χ0n) is 13.9. The number of benzene rings is 2. The van der Waals surface area contributed by atoms with Crippen molar-refractivity contribution in [3.8, 4) is 23.8 Å².